The molecule has 0 spiro atoms. The number of nitrogens with zero attached hydrogens (tertiary/aromatic N) is 1. The van der Waals surface area contributed by atoms with Crippen LogP contribution < -0.4 is 4.74 Å². The van der Waals surface area contributed by atoms with E-state index in [1.807, 2.05) is 26.0 Å². The highest BCUT2D eigenvalue weighted by Gasteiger charge is 2.25. The Labute approximate surface area is 128 Å². The van der Waals surface area contributed by atoms with Crippen LogP contribution in [0.15, 0.2) is 30.1 Å². The van der Waals surface area contributed by atoms with Crippen LogP contribution in [0, 0.1) is 13.8 Å². The van der Waals surface area contributed by atoms with Gasteiger partial charge in [0.2, 0.25) is 0 Å². The molecular formula is C17H18FNO3. The molecule has 22 heavy (non-hydrogen) atoms. The molecule has 2 rings (SSSR count). The summed E-state index contributed by atoms with van der Waals surface area (Å²) < 4.78 is 18.5. The lowest BCUT2D eigenvalue weighted by molar-refractivity contribution is -0.140. The van der Waals surface area contributed by atoms with Gasteiger partial charge in [-0.25, -0.2) is 4.39 Å². The molecule has 1 aliphatic rings. The standard InChI is InChI=1S/C17H18FNO3/c1-11-9-13(10-15(22-3)12(11)2)6-7-16(20)19-8-4-5-14(18)17(19)21/h5-7,9-10H,4,8H2,1-3H3/b7-6+. The molecule has 0 aromatic heterocycles. The Morgan fingerprint density at radius 3 is 2.77 bits per heavy atom. The number of methoxy groups -OCH3 is 1. The van der Waals surface area contributed by atoms with E-state index >= 15 is 0 Å². The smallest absolute Gasteiger partial charge is 0.289 e. The molecule has 2 amide bonds. The molecule has 0 unspecified atom stereocenters. The first-order chi connectivity index (χ1) is 10.4. The van der Waals surface area contributed by atoms with E-state index in [1.54, 1.807) is 13.2 Å². The molecule has 5 heteroatoms. The summed E-state index contributed by atoms with van der Waals surface area (Å²) in [5.41, 5.74) is 2.85. The molecule has 116 valence electrons. The molecule has 0 atom stereocenters. The number of halogens is 1. The monoisotopic (exact) mass is 303 g/mol. The van der Waals surface area contributed by atoms with E-state index in [2.05, 4.69) is 0 Å². The largest absolute Gasteiger partial charge is 0.496 e. The number of ether oxygens (including phenoxy) is 1. The summed E-state index contributed by atoms with van der Waals surface area (Å²) in [7, 11) is 1.59. The summed E-state index contributed by atoms with van der Waals surface area (Å²) in [5, 5.41) is 0. The zero-order chi connectivity index (χ0) is 16.3. The topological polar surface area (TPSA) is 46.6 Å². The molecule has 4 nitrogen and oxygen atoms in total. The first-order valence-corrected chi connectivity index (χ1v) is 6.99. The molecule has 1 heterocycles. The minimum absolute atomic E-state index is 0.200. The molecule has 0 saturated carbocycles. The van der Waals surface area contributed by atoms with Crippen LogP contribution in [-0.4, -0.2) is 30.4 Å². The maximum atomic E-state index is 13.2. The lowest BCUT2D eigenvalue weighted by Gasteiger charge is -2.20. The second-order valence-corrected chi connectivity index (χ2v) is 5.13. The Kier molecular flexibility index (Phi) is 4.75. The van der Waals surface area contributed by atoms with Gasteiger partial charge in [-0.1, -0.05) is 6.07 Å². The average molecular weight is 303 g/mol. The Hall–Kier alpha value is -2.43. The van der Waals surface area contributed by atoms with Gasteiger partial charge in [-0.15, -0.1) is 0 Å². The van der Waals surface area contributed by atoms with Crippen molar-refractivity contribution in [2.45, 2.75) is 20.3 Å². The molecular weight excluding hydrogens is 285 g/mol. The third kappa shape index (κ3) is 3.24. The number of carbonyl (C=O) groups is 2. The third-order valence-electron chi connectivity index (χ3n) is 3.67. The number of rotatable bonds is 3. The van der Waals surface area contributed by atoms with E-state index in [-0.39, 0.29) is 6.54 Å². The van der Waals surface area contributed by atoms with E-state index in [1.165, 1.54) is 12.2 Å². The molecule has 0 radical (unpaired) electrons. The number of imide groups is 1. The number of hydrogen-bond acceptors (Lipinski definition) is 3. The Morgan fingerprint density at radius 1 is 1.36 bits per heavy atom. The van der Waals surface area contributed by atoms with Crippen LogP contribution in [-0.2, 0) is 9.59 Å². The van der Waals surface area contributed by atoms with Crippen LogP contribution in [0.4, 0.5) is 4.39 Å². The lowest BCUT2D eigenvalue weighted by atomic mass is 10.0. The fraction of sp³-hybridized carbons (Fsp3) is 0.294. The molecule has 0 bridgehead atoms. The van der Waals surface area contributed by atoms with Gasteiger partial charge in [0.15, 0.2) is 5.83 Å². The van der Waals surface area contributed by atoms with Crippen molar-refractivity contribution in [3.63, 3.8) is 0 Å². The second-order valence-electron chi connectivity index (χ2n) is 5.13. The van der Waals surface area contributed by atoms with Gasteiger partial charge < -0.3 is 4.74 Å². The Morgan fingerprint density at radius 2 is 2.09 bits per heavy atom. The summed E-state index contributed by atoms with van der Waals surface area (Å²) in [6.07, 6.45) is 4.42. The lowest BCUT2D eigenvalue weighted by Crippen LogP contribution is -2.38. The van der Waals surface area contributed by atoms with Crippen LogP contribution in [0.2, 0.25) is 0 Å². The molecule has 1 aromatic carbocycles. The third-order valence-corrected chi connectivity index (χ3v) is 3.67. The second kappa shape index (κ2) is 6.56. The molecule has 1 aliphatic heterocycles. The maximum absolute atomic E-state index is 13.2. The number of amides is 2. The maximum Gasteiger partial charge on any atom is 0.289 e. The average Bonchev–Trinajstić information content (AvgIpc) is 2.50. The zero-order valence-corrected chi connectivity index (χ0v) is 12.9. The summed E-state index contributed by atoms with van der Waals surface area (Å²) in [5.74, 6) is -1.54. The van der Waals surface area contributed by atoms with Crippen molar-refractivity contribution in [1.82, 2.24) is 4.90 Å². The van der Waals surface area contributed by atoms with E-state index in [4.69, 9.17) is 4.74 Å². The van der Waals surface area contributed by atoms with E-state index in [0.29, 0.717) is 6.42 Å². The van der Waals surface area contributed by atoms with Gasteiger partial charge in [-0.3, -0.25) is 14.5 Å². The minimum atomic E-state index is -0.876. The van der Waals surface area contributed by atoms with E-state index in [9.17, 15) is 14.0 Å². The van der Waals surface area contributed by atoms with Crippen molar-refractivity contribution >= 4 is 17.9 Å². The fourth-order valence-corrected chi connectivity index (χ4v) is 2.27. The van der Waals surface area contributed by atoms with Crippen LogP contribution in [0.25, 0.3) is 6.08 Å². The highest BCUT2D eigenvalue weighted by Crippen LogP contribution is 2.24. The van der Waals surface area contributed by atoms with Gasteiger partial charge in [0.1, 0.15) is 5.75 Å². The normalized spacial score (nSPS) is 15.2. The van der Waals surface area contributed by atoms with Gasteiger partial charge in [-0.05, 0) is 55.2 Å². The Bertz CT molecular complexity index is 677. The van der Waals surface area contributed by atoms with E-state index in [0.717, 1.165) is 27.3 Å². The predicted molar refractivity (Wildman–Crippen MR) is 82.0 cm³/mol. The first kappa shape index (κ1) is 15.9. The van der Waals surface area contributed by atoms with Crippen LogP contribution in [0.1, 0.15) is 23.1 Å². The number of benzene rings is 1. The van der Waals surface area contributed by atoms with E-state index < -0.39 is 17.6 Å². The van der Waals surface area contributed by atoms with Gasteiger partial charge in [0, 0.05) is 12.6 Å². The van der Waals surface area contributed by atoms with Gasteiger partial charge in [0.25, 0.3) is 11.8 Å². The van der Waals surface area contributed by atoms with Crippen LogP contribution in [0.3, 0.4) is 0 Å². The summed E-state index contributed by atoms with van der Waals surface area (Å²) in [6, 6.07) is 3.73. The SMILES string of the molecule is COc1cc(/C=C/C(=O)N2CCC=C(F)C2=O)cc(C)c1C. The highest BCUT2D eigenvalue weighted by atomic mass is 19.1. The van der Waals surface area contributed by atoms with Crippen molar-refractivity contribution in [2.24, 2.45) is 0 Å². The zero-order valence-electron chi connectivity index (χ0n) is 12.9. The van der Waals surface area contributed by atoms with Crippen molar-refractivity contribution in [3.8, 4) is 5.75 Å². The molecule has 0 N–H and O–H groups in total. The summed E-state index contributed by atoms with van der Waals surface area (Å²) in [6.45, 7) is 4.10. The summed E-state index contributed by atoms with van der Waals surface area (Å²) >= 11 is 0. The molecule has 0 aliphatic carbocycles. The molecule has 1 aromatic rings. The van der Waals surface area contributed by atoms with Gasteiger partial charge in [0.05, 0.1) is 7.11 Å². The Balaban J connectivity index is 2.18. The predicted octanol–water partition coefficient (Wildman–Crippen LogP) is 2.94. The quantitative estimate of drug-likeness (QED) is 0.807. The number of hydrogen-bond donors (Lipinski definition) is 0. The van der Waals surface area contributed by atoms with Crippen molar-refractivity contribution in [1.29, 1.82) is 0 Å². The highest BCUT2D eigenvalue weighted by molar-refractivity contribution is 6.08. The van der Waals surface area contributed by atoms with Crippen molar-refractivity contribution in [2.75, 3.05) is 13.7 Å². The summed E-state index contributed by atoms with van der Waals surface area (Å²) in [4.78, 5) is 24.5. The molecule has 0 saturated heterocycles. The fourth-order valence-electron chi connectivity index (χ4n) is 2.27. The van der Waals surface area contributed by atoms with Crippen molar-refractivity contribution < 1.29 is 18.7 Å². The van der Waals surface area contributed by atoms with Crippen LogP contribution in [0.5, 0.6) is 5.75 Å². The van der Waals surface area contributed by atoms with Crippen LogP contribution >= 0.6 is 0 Å². The minimum Gasteiger partial charge on any atom is -0.496 e. The van der Waals surface area contributed by atoms with Crippen molar-refractivity contribution in [3.05, 3.63) is 46.8 Å². The first-order valence-electron chi connectivity index (χ1n) is 6.99. The van der Waals surface area contributed by atoms with Gasteiger partial charge in [-0.2, -0.15) is 0 Å². The number of carbonyl (C=O) groups excluding carboxylic acids is 2. The molecule has 0 fully saturated rings. The number of aryl methyl sites for hydroxylation is 1. The van der Waals surface area contributed by atoms with Gasteiger partial charge >= 0.3 is 0 Å².